The van der Waals surface area contributed by atoms with Gasteiger partial charge in [0.2, 0.25) is 5.88 Å². The van der Waals surface area contributed by atoms with Crippen LogP contribution in [0.2, 0.25) is 0 Å². The van der Waals surface area contributed by atoms with E-state index in [-0.39, 0.29) is 0 Å². The fourth-order valence-electron chi connectivity index (χ4n) is 0.707. The average Bonchev–Trinajstić information content (AvgIpc) is 2.55. The molecule has 0 radical (unpaired) electrons. The van der Waals surface area contributed by atoms with Crippen LogP contribution in [0.1, 0.15) is 0 Å². The van der Waals surface area contributed by atoms with Crippen LogP contribution in [-0.4, -0.2) is 20.0 Å². The maximum atomic E-state index is 5.33. The summed E-state index contributed by atoms with van der Waals surface area (Å²) in [5, 5.41) is 7.24. The molecule has 0 amide bonds. The Labute approximate surface area is 61.6 Å². The van der Waals surface area contributed by atoms with Gasteiger partial charge in [-0.25, -0.2) is 4.98 Å². The normalized spacial score (nSPS) is 10.2. The molecule has 0 aromatic carbocycles. The minimum Gasteiger partial charge on any atom is -0.426 e. The van der Waals surface area contributed by atoms with Crippen LogP contribution in [0.4, 0.5) is 5.82 Å². The van der Waals surface area contributed by atoms with E-state index in [4.69, 9.17) is 10.2 Å². The maximum Gasteiger partial charge on any atom is 0.241 e. The summed E-state index contributed by atoms with van der Waals surface area (Å²) in [5.41, 5.74) is 5.33. The highest BCUT2D eigenvalue weighted by atomic mass is 16.4. The Bertz CT molecular complexity index is 337. The van der Waals surface area contributed by atoms with Gasteiger partial charge in [-0.3, -0.25) is 0 Å². The SMILES string of the molecule is Nc1cn(-c2cnco2)nn1. The second-order valence-electron chi connectivity index (χ2n) is 1.93. The molecule has 11 heavy (non-hydrogen) atoms. The zero-order valence-electron chi connectivity index (χ0n) is 5.51. The average molecular weight is 151 g/mol. The van der Waals surface area contributed by atoms with Crippen molar-refractivity contribution < 1.29 is 4.42 Å². The van der Waals surface area contributed by atoms with E-state index in [0.29, 0.717) is 11.7 Å². The van der Waals surface area contributed by atoms with E-state index in [1.165, 1.54) is 17.3 Å². The lowest BCUT2D eigenvalue weighted by atomic mass is 10.7. The first kappa shape index (κ1) is 5.90. The fraction of sp³-hybridized carbons (Fsp3) is 0. The Balaban J connectivity index is 2.45. The van der Waals surface area contributed by atoms with Crippen LogP contribution in [0.5, 0.6) is 0 Å². The van der Waals surface area contributed by atoms with Gasteiger partial charge in [-0.15, -0.1) is 5.10 Å². The lowest BCUT2D eigenvalue weighted by Gasteiger charge is -1.87. The van der Waals surface area contributed by atoms with Crippen molar-refractivity contribution in [1.82, 2.24) is 20.0 Å². The minimum atomic E-state index is 0.349. The monoisotopic (exact) mass is 151 g/mol. The molecular weight excluding hydrogens is 146 g/mol. The predicted octanol–water partition coefficient (Wildman–Crippen LogP) is -0.163. The highest BCUT2D eigenvalue weighted by Gasteiger charge is 2.00. The quantitative estimate of drug-likeness (QED) is 0.612. The predicted molar refractivity (Wildman–Crippen MR) is 35.8 cm³/mol. The Morgan fingerprint density at radius 3 is 3.00 bits per heavy atom. The third kappa shape index (κ3) is 0.936. The molecule has 0 spiro atoms. The molecule has 56 valence electrons. The number of nitrogens with zero attached hydrogens (tertiary/aromatic N) is 4. The third-order valence-corrected chi connectivity index (χ3v) is 1.16. The summed E-state index contributed by atoms with van der Waals surface area (Å²) in [6.45, 7) is 0. The number of hydrogen-bond acceptors (Lipinski definition) is 5. The van der Waals surface area contributed by atoms with E-state index in [0.717, 1.165) is 0 Å². The minimum absolute atomic E-state index is 0.349. The van der Waals surface area contributed by atoms with Crippen molar-refractivity contribution in [3.8, 4) is 5.88 Å². The summed E-state index contributed by atoms with van der Waals surface area (Å²) < 4.78 is 6.33. The van der Waals surface area contributed by atoms with Crippen LogP contribution in [0, 0.1) is 0 Å². The lowest BCUT2D eigenvalue weighted by molar-refractivity contribution is 0.511. The second-order valence-corrected chi connectivity index (χ2v) is 1.93. The van der Waals surface area contributed by atoms with Gasteiger partial charge in [0, 0.05) is 0 Å². The van der Waals surface area contributed by atoms with Crippen molar-refractivity contribution in [2.75, 3.05) is 5.73 Å². The molecule has 0 fully saturated rings. The molecule has 2 aromatic heterocycles. The van der Waals surface area contributed by atoms with Gasteiger partial charge in [0.25, 0.3) is 0 Å². The number of rotatable bonds is 1. The van der Waals surface area contributed by atoms with E-state index in [1.807, 2.05) is 0 Å². The van der Waals surface area contributed by atoms with E-state index in [2.05, 4.69) is 15.3 Å². The van der Waals surface area contributed by atoms with E-state index in [9.17, 15) is 0 Å². The molecule has 0 saturated carbocycles. The lowest BCUT2D eigenvalue weighted by Crippen LogP contribution is -1.91. The topological polar surface area (TPSA) is 82.8 Å². The highest BCUT2D eigenvalue weighted by Crippen LogP contribution is 2.04. The molecule has 0 unspecified atom stereocenters. The molecule has 0 atom stereocenters. The summed E-state index contributed by atoms with van der Waals surface area (Å²) in [6.07, 6.45) is 4.38. The van der Waals surface area contributed by atoms with Gasteiger partial charge in [0.1, 0.15) is 0 Å². The molecule has 2 rings (SSSR count). The first-order valence-corrected chi connectivity index (χ1v) is 2.93. The Morgan fingerprint density at radius 2 is 2.45 bits per heavy atom. The summed E-state index contributed by atoms with van der Waals surface area (Å²) in [4.78, 5) is 3.71. The van der Waals surface area contributed by atoms with Crippen LogP contribution in [0.15, 0.2) is 23.2 Å². The first-order chi connectivity index (χ1) is 5.36. The fourth-order valence-corrected chi connectivity index (χ4v) is 0.707. The van der Waals surface area contributed by atoms with Crippen LogP contribution >= 0.6 is 0 Å². The zero-order chi connectivity index (χ0) is 7.68. The highest BCUT2D eigenvalue weighted by molar-refractivity contribution is 5.24. The summed E-state index contributed by atoms with van der Waals surface area (Å²) in [5.74, 6) is 0.843. The molecule has 6 heteroatoms. The van der Waals surface area contributed by atoms with Gasteiger partial charge in [0.15, 0.2) is 12.2 Å². The van der Waals surface area contributed by atoms with Crippen molar-refractivity contribution in [3.05, 3.63) is 18.8 Å². The Kier molecular flexibility index (Phi) is 1.12. The van der Waals surface area contributed by atoms with Crippen molar-refractivity contribution in [3.63, 3.8) is 0 Å². The Hall–Kier alpha value is -1.85. The van der Waals surface area contributed by atoms with Gasteiger partial charge in [-0.05, 0) is 0 Å². The van der Waals surface area contributed by atoms with Crippen molar-refractivity contribution in [1.29, 1.82) is 0 Å². The molecule has 2 aromatic rings. The molecule has 6 nitrogen and oxygen atoms in total. The number of anilines is 1. The Morgan fingerprint density at radius 1 is 1.55 bits per heavy atom. The molecule has 0 aliphatic carbocycles. The number of hydrogen-bond donors (Lipinski definition) is 1. The molecule has 0 aliphatic heterocycles. The molecule has 2 N–H and O–H groups in total. The van der Waals surface area contributed by atoms with Crippen LogP contribution in [0.25, 0.3) is 5.88 Å². The van der Waals surface area contributed by atoms with Gasteiger partial charge in [0.05, 0.1) is 12.4 Å². The molecule has 2 heterocycles. The van der Waals surface area contributed by atoms with Crippen molar-refractivity contribution in [2.45, 2.75) is 0 Å². The summed E-state index contributed by atoms with van der Waals surface area (Å²) in [7, 11) is 0. The van der Waals surface area contributed by atoms with Gasteiger partial charge in [-0.2, -0.15) is 4.68 Å². The van der Waals surface area contributed by atoms with E-state index < -0.39 is 0 Å². The summed E-state index contributed by atoms with van der Waals surface area (Å²) >= 11 is 0. The van der Waals surface area contributed by atoms with Crippen molar-refractivity contribution >= 4 is 5.82 Å². The van der Waals surface area contributed by atoms with Crippen LogP contribution in [0.3, 0.4) is 0 Å². The second kappa shape index (κ2) is 2.08. The number of oxazole rings is 1. The number of nitrogens with two attached hydrogens (primary N) is 1. The van der Waals surface area contributed by atoms with Crippen molar-refractivity contribution in [2.24, 2.45) is 0 Å². The summed E-state index contributed by atoms with van der Waals surface area (Å²) in [6, 6.07) is 0. The van der Waals surface area contributed by atoms with Gasteiger partial charge < -0.3 is 10.2 Å². The molecular formula is C5H5N5O. The first-order valence-electron chi connectivity index (χ1n) is 2.93. The maximum absolute atomic E-state index is 5.33. The number of aromatic nitrogens is 4. The van der Waals surface area contributed by atoms with E-state index in [1.54, 1.807) is 6.20 Å². The molecule has 0 saturated heterocycles. The largest absolute Gasteiger partial charge is 0.426 e. The van der Waals surface area contributed by atoms with Crippen LogP contribution < -0.4 is 5.73 Å². The van der Waals surface area contributed by atoms with Crippen LogP contribution in [-0.2, 0) is 0 Å². The third-order valence-electron chi connectivity index (χ3n) is 1.16. The standard InChI is InChI=1S/C5H5N5O/c6-4-2-10(9-8-4)5-1-7-3-11-5/h1-3H,6H2. The van der Waals surface area contributed by atoms with E-state index >= 15 is 0 Å². The zero-order valence-corrected chi connectivity index (χ0v) is 5.51. The smallest absolute Gasteiger partial charge is 0.241 e. The van der Waals surface area contributed by atoms with Gasteiger partial charge >= 0.3 is 0 Å². The molecule has 0 bridgehead atoms. The van der Waals surface area contributed by atoms with Gasteiger partial charge in [-0.1, -0.05) is 5.21 Å². The number of nitrogen functional groups attached to an aromatic ring is 1. The molecule has 0 aliphatic rings.